The summed E-state index contributed by atoms with van der Waals surface area (Å²) >= 11 is 0. The number of ether oxygens (including phenoxy) is 4. The molecule has 0 radical (unpaired) electrons. The number of benzene rings is 6. The van der Waals surface area contributed by atoms with Crippen molar-refractivity contribution in [3.05, 3.63) is 191 Å². The van der Waals surface area contributed by atoms with Crippen LogP contribution < -0.4 is 18.9 Å². The van der Waals surface area contributed by atoms with Crippen LogP contribution in [0.4, 0.5) is 13.2 Å². The summed E-state index contributed by atoms with van der Waals surface area (Å²) in [5, 5.41) is 0. The zero-order valence-electron chi connectivity index (χ0n) is 42.2. The first kappa shape index (κ1) is 52.9. The fraction of sp³-hybridized carbons (Fsp3) is 0.250. The Hall–Kier alpha value is -7.41. The third-order valence-electron chi connectivity index (χ3n) is 12.6. The second kappa shape index (κ2) is 24.1. The molecule has 0 bridgehead atoms. The topological polar surface area (TPSA) is 90.4 Å². The van der Waals surface area contributed by atoms with Crippen LogP contribution in [0.1, 0.15) is 65.5 Å². The average molecular weight is 1170 g/mol. The van der Waals surface area contributed by atoms with Crippen LogP contribution in [0.2, 0.25) is 0 Å². The minimum Gasteiger partial charge on any atom is -0.510 e. The second-order valence-electron chi connectivity index (χ2n) is 18.1. The molecule has 0 N–H and O–H groups in total. The number of imidazole rings is 3. The first-order valence-corrected chi connectivity index (χ1v) is 24.5. The zero-order chi connectivity index (χ0) is 51.0. The molecule has 9 aromatic rings. The van der Waals surface area contributed by atoms with Crippen molar-refractivity contribution in [2.45, 2.75) is 73.6 Å². The number of hydrogen-bond acceptors (Lipinski definition) is 7. The molecule has 0 saturated heterocycles. The van der Waals surface area contributed by atoms with Gasteiger partial charge in [0.1, 0.15) is 0 Å². The molecular weight excluding hydrogens is 1120 g/mol. The van der Waals surface area contributed by atoms with Crippen molar-refractivity contribution < 1.29 is 52.2 Å². The van der Waals surface area contributed by atoms with Gasteiger partial charge < -0.3 is 32.6 Å². The maximum absolute atomic E-state index is 15.4. The third-order valence-corrected chi connectivity index (χ3v) is 12.6. The molecule has 0 aliphatic heterocycles. The van der Waals surface area contributed by atoms with Gasteiger partial charge in [-0.05, 0) is 107 Å². The molecule has 0 spiro atoms. The molecule has 0 saturated carbocycles. The van der Waals surface area contributed by atoms with E-state index in [0.717, 1.165) is 69.7 Å². The molecule has 74 heavy (non-hydrogen) atoms. The van der Waals surface area contributed by atoms with Crippen LogP contribution in [0.15, 0.2) is 122 Å². The molecule has 10 nitrogen and oxygen atoms in total. The largest absolute Gasteiger partial charge is 3.00 e. The van der Waals surface area contributed by atoms with Crippen LogP contribution in [0.25, 0.3) is 51.2 Å². The van der Waals surface area contributed by atoms with E-state index in [-0.39, 0.29) is 44.1 Å². The van der Waals surface area contributed by atoms with Crippen LogP contribution >= 0.6 is 0 Å². The summed E-state index contributed by atoms with van der Waals surface area (Å²) in [4.78, 5) is 14.3. The number of nitrogens with zero attached hydrogens (tertiary/aromatic N) is 6. The fourth-order valence-electron chi connectivity index (χ4n) is 9.02. The predicted molar refractivity (Wildman–Crippen MR) is 277 cm³/mol. The van der Waals surface area contributed by atoms with E-state index in [1.165, 1.54) is 30.3 Å². The first-order valence-electron chi connectivity index (χ1n) is 24.5. The van der Waals surface area contributed by atoms with Gasteiger partial charge in [0.05, 0.1) is 74.1 Å². The van der Waals surface area contributed by atoms with Crippen molar-refractivity contribution in [2.24, 2.45) is 0 Å². The van der Waals surface area contributed by atoms with Gasteiger partial charge in [-0.25, -0.2) is 9.97 Å². The van der Waals surface area contributed by atoms with Gasteiger partial charge in [-0.1, -0.05) is 60.7 Å². The Labute approximate surface area is 444 Å². The summed E-state index contributed by atoms with van der Waals surface area (Å²) in [7, 11) is 0. The summed E-state index contributed by atoms with van der Waals surface area (Å²) in [5.41, 5.74) is 11.0. The molecule has 380 valence electrons. The Kier molecular flexibility index (Phi) is 17.2. The van der Waals surface area contributed by atoms with E-state index in [2.05, 4.69) is 23.2 Å². The van der Waals surface area contributed by atoms with Gasteiger partial charge in [-0.3, -0.25) is 18.2 Å². The Bertz CT molecular complexity index is 3290. The van der Waals surface area contributed by atoms with E-state index in [0.29, 0.717) is 84.5 Å². The number of aromatic nitrogens is 6. The van der Waals surface area contributed by atoms with Crippen molar-refractivity contribution in [2.75, 3.05) is 26.4 Å². The SMILES string of the molecule is Cc1cccc(C)c1-n1cc(OCCCCCOc2cn(-c3c(C)cccc3C)c(-c3[c-]c(OCCCCOc4cnc(-c5[c-]cc(F)cc5)n4-c4c(C)cccc4C)c(F)cc3)n2)nc1-c1[c-]cc(F)cc1.[Ir+3]. The molecule has 0 fully saturated rings. The predicted octanol–water partition coefficient (Wildman–Crippen LogP) is 13.8. The van der Waals surface area contributed by atoms with Crippen molar-refractivity contribution in [3.8, 4) is 74.6 Å². The maximum atomic E-state index is 15.4. The van der Waals surface area contributed by atoms with Gasteiger partial charge in [-0.15, -0.1) is 77.4 Å². The van der Waals surface area contributed by atoms with Gasteiger partial charge in [0.15, 0.2) is 0 Å². The molecule has 0 aliphatic carbocycles. The number of hydrogen-bond donors (Lipinski definition) is 0. The average Bonchev–Trinajstić information content (AvgIpc) is 4.11. The van der Waals surface area contributed by atoms with Crippen LogP contribution in [0.5, 0.6) is 23.4 Å². The van der Waals surface area contributed by atoms with Gasteiger partial charge in [0, 0.05) is 28.7 Å². The fourth-order valence-corrected chi connectivity index (χ4v) is 9.02. The molecule has 0 aliphatic rings. The summed E-state index contributed by atoms with van der Waals surface area (Å²) in [5.74, 6) is 1.91. The number of unbranched alkanes of at least 4 members (excludes halogenated alkanes) is 3. The standard InChI is InChI=1S/C60H56F3N6O4.Ir/c1-39-15-12-16-40(2)55(39)67-37-52(65-59(67)46-23-28-49(62)29-24-46)71-32-8-7-9-33-72-53-38-68(56-41(3)17-13-18-42(56)4)60(66-53)47-25-30-50(63)51(35-47)70-31-10-11-34-73-54-36-64-58(45-21-26-48(61)27-22-45)69(54)57-43(5)19-14-20-44(57)6;/h12-21,23,25-30,36-38H,7-11,31-34H2,1-6H3;/q-3;+3. The molecule has 3 heterocycles. The summed E-state index contributed by atoms with van der Waals surface area (Å²) < 4.78 is 73.6. The van der Waals surface area contributed by atoms with E-state index in [1.54, 1.807) is 24.4 Å². The molecular formula is C60H56F3IrN6O4. The Morgan fingerprint density at radius 2 is 0.905 bits per heavy atom. The minimum atomic E-state index is -0.533. The van der Waals surface area contributed by atoms with Crippen LogP contribution in [-0.2, 0) is 20.1 Å². The summed E-state index contributed by atoms with van der Waals surface area (Å²) in [6.07, 6.45) is 8.93. The quantitative estimate of drug-likeness (QED) is 0.0523. The number of para-hydroxylation sites is 3. The van der Waals surface area contributed by atoms with E-state index in [1.807, 2.05) is 122 Å². The molecule has 14 heteroatoms. The second-order valence-corrected chi connectivity index (χ2v) is 18.1. The molecule has 0 atom stereocenters. The molecule has 0 unspecified atom stereocenters. The monoisotopic (exact) mass is 1170 g/mol. The van der Waals surface area contributed by atoms with E-state index in [4.69, 9.17) is 28.9 Å². The van der Waals surface area contributed by atoms with Crippen molar-refractivity contribution >= 4 is 0 Å². The van der Waals surface area contributed by atoms with Crippen LogP contribution in [0.3, 0.4) is 0 Å². The molecule has 9 rings (SSSR count). The number of halogens is 3. The Balaban J connectivity index is 0.00000729. The Morgan fingerprint density at radius 3 is 1.41 bits per heavy atom. The molecule has 6 aromatic carbocycles. The number of rotatable bonds is 21. The zero-order valence-corrected chi connectivity index (χ0v) is 44.6. The third kappa shape index (κ3) is 12.0. The molecule has 0 amide bonds. The Morgan fingerprint density at radius 1 is 0.473 bits per heavy atom. The van der Waals surface area contributed by atoms with E-state index >= 15 is 4.39 Å². The van der Waals surface area contributed by atoms with E-state index < -0.39 is 5.82 Å². The van der Waals surface area contributed by atoms with Gasteiger partial charge in [0.25, 0.3) is 0 Å². The van der Waals surface area contributed by atoms with Gasteiger partial charge in [0.2, 0.25) is 17.6 Å². The normalized spacial score (nSPS) is 11.1. The molecule has 3 aromatic heterocycles. The smallest absolute Gasteiger partial charge is 0.510 e. The van der Waals surface area contributed by atoms with Crippen molar-refractivity contribution in [1.29, 1.82) is 0 Å². The maximum Gasteiger partial charge on any atom is 3.00 e. The van der Waals surface area contributed by atoms with Crippen molar-refractivity contribution in [3.63, 3.8) is 0 Å². The van der Waals surface area contributed by atoms with Gasteiger partial charge in [-0.2, -0.15) is 0 Å². The van der Waals surface area contributed by atoms with Crippen molar-refractivity contribution in [1.82, 2.24) is 28.7 Å². The van der Waals surface area contributed by atoms with Crippen LogP contribution in [-0.4, -0.2) is 55.1 Å². The van der Waals surface area contributed by atoms with E-state index in [9.17, 15) is 8.78 Å². The van der Waals surface area contributed by atoms with Gasteiger partial charge >= 0.3 is 20.1 Å². The number of aryl methyl sites for hydroxylation is 6. The summed E-state index contributed by atoms with van der Waals surface area (Å²) in [6, 6.07) is 39.2. The first-order chi connectivity index (χ1) is 35.4. The minimum absolute atomic E-state index is 0. The van der Waals surface area contributed by atoms with Crippen LogP contribution in [0, 0.1) is 77.2 Å². The summed E-state index contributed by atoms with van der Waals surface area (Å²) in [6.45, 7) is 13.7.